The molecule has 4 nitrogen and oxygen atoms in total. The molecule has 0 radical (unpaired) electrons. The summed E-state index contributed by atoms with van der Waals surface area (Å²) in [5, 5.41) is 6.91. The molecule has 0 aromatic heterocycles. The fourth-order valence-electron chi connectivity index (χ4n) is 2.53. The molecule has 1 unspecified atom stereocenters. The quantitative estimate of drug-likeness (QED) is 0.828. The molecule has 106 valence electrons. The minimum atomic E-state index is 0.790. The summed E-state index contributed by atoms with van der Waals surface area (Å²) in [4.78, 5) is 0. The van der Waals surface area contributed by atoms with E-state index in [0.29, 0.717) is 0 Å². The van der Waals surface area contributed by atoms with E-state index < -0.39 is 0 Å². The number of hydrogen-bond donors (Lipinski definition) is 2. The molecule has 1 aliphatic rings. The van der Waals surface area contributed by atoms with Gasteiger partial charge in [-0.3, -0.25) is 0 Å². The zero-order valence-electron chi connectivity index (χ0n) is 11.9. The number of rotatable bonds is 6. The lowest BCUT2D eigenvalue weighted by Crippen LogP contribution is -2.30. The molecule has 0 spiro atoms. The van der Waals surface area contributed by atoms with Crippen LogP contribution in [0, 0.1) is 5.92 Å². The lowest BCUT2D eigenvalue weighted by atomic mass is 9.96. The molecule has 0 saturated carbocycles. The maximum Gasteiger partial charge on any atom is 0.142 e. The second-order valence-electron chi connectivity index (χ2n) is 4.99. The van der Waals surface area contributed by atoms with Crippen molar-refractivity contribution in [3.05, 3.63) is 18.2 Å². The van der Waals surface area contributed by atoms with Gasteiger partial charge >= 0.3 is 0 Å². The Kier molecular flexibility index (Phi) is 5.33. The fraction of sp³-hybridized carbons (Fsp3) is 0.600. The van der Waals surface area contributed by atoms with Crippen LogP contribution < -0.4 is 20.1 Å². The van der Waals surface area contributed by atoms with Crippen molar-refractivity contribution in [1.82, 2.24) is 5.32 Å². The molecule has 19 heavy (non-hydrogen) atoms. The fourth-order valence-corrected chi connectivity index (χ4v) is 2.53. The van der Waals surface area contributed by atoms with Crippen molar-refractivity contribution in [1.29, 1.82) is 0 Å². The van der Waals surface area contributed by atoms with E-state index in [1.807, 2.05) is 18.2 Å². The number of hydrogen-bond acceptors (Lipinski definition) is 4. The van der Waals surface area contributed by atoms with Gasteiger partial charge in [0.15, 0.2) is 0 Å². The van der Waals surface area contributed by atoms with Crippen LogP contribution in [0.1, 0.15) is 19.3 Å². The summed E-state index contributed by atoms with van der Waals surface area (Å²) < 4.78 is 10.6. The molecule has 2 rings (SSSR count). The van der Waals surface area contributed by atoms with Crippen molar-refractivity contribution >= 4 is 5.69 Å². The van der Waals surface area contributed by atoms with Crippen LogP contribution in [0.5, 0.6) is 11.5 Å². The standard InChI is InChI=1S/C15H24N2O2/c1-18-13-5-6-15(19-2)14(10-13)17-9-7-12-4-3-8-16-11-12/h5-6,10,12,16-17H,3-4,7-9,11H2,1-2H3. The van der Waals surface area contributed by atoms with Crippen LogP contribution >= 0.6 is 0 Å². The second-order valence-corrected chi connectivity index (χ2v) is 4.99. The van der Waals surface area contributed by atoms with Crippen molar-refractivity contribution in [2.24, 2.45) is 5.92 Å². The Morgan fingerprint density at radius 3 is 2.89 bits per heavy atom. The van der Waals surface area contributed by atoms with Gasteiger partial charge in [-0.2, -0.15) is 0 Å². The highest BCUT2D eigenvalue weighted by atomic mass is 16.5. The van der Waals surface area contributed by atoms with Crippen molar-refractivity contribution in [3.63, 3.8) is 0 Å². The van der Waals surface area contributed by atoms with Crippen LogP contribution in [-0.2, 0) is 0 Å². The summed E-state index contributed by atoms with van der Waals surface area (Å²) in [5.41, 5.74) is 1.01. The largest absolute Gasteiger partial charge is 0.497 e. The monoisotopic (exact) mass is 264 g/mol. The third kappa shape index (κ3) is 4.03. The van der Waals surface area contributed by atoms with Gasteiger partial charge in [0.05, 0.1) is 19.9 Å². The van der Waals surface area contributed by atoms with Crippen LogP contribution in [0.2, 0.25) is 0 Å². The van der Waals surface area contributed by atoms with Gasteiger partial charge in [0.25, 0.3) is 0 Å². The Morgan fingerprint density at radius 1 is 1.32 bits per heavy atom. The topological polar surface area (TPSA) is 42.5 Å². The first kappa shape index (κ1) is 14.0. The molecule has 0 amide bonds. The Hall–Kier alpha value is -1.42. The molecule has 1 aromatic rings. The molecule has 1 aromatic carbocycles. The van der Waals surface area contributed by atoms with Crippen LogP contribution in [-0.4, -0.2) is 33.9 Å². The van der Waals surface area contributed by atoms with Crippen LogP contribution in [0.3, 0.4) is 0 Å². The first-order valence-electron chi connectivity index (χ1n) is 7.00. The minimum Gasteiger partial charge on any atom is -0.497 e. The lowest BCUT2D eigenvalue weighted by Gasteiger charge is -2.23. The first-order chi connectivity index (χ1) is 9.33. The second kappa shape index (κ2) is 7.24. The number of benzene rings is 1. The Morgan fingerprint density at radius 2 is 2.21 bits per heavy atom. The van der Waals surface area contributed by atoms with Crippen molar-refractivity contribution in [3.8, 4) is 11.5 Å². The van der Waals surface area contributed by atoms with Crippen LogP contribution in [0.4, 0.5) is 5.69 Å². The van der Waals surface area contributed by atoms with E-state index in [1.165, 1.54) is 25.8 Å². The molecule has 1 fully saturated rings. The maximum absolute atomic E-state index is 5.36. The summed E-state index contributed by atoms with van der Waals surface area (Å²) in [7, 11) is 3.37. The highest BCUT2D eigenvalue weighted by Crippen LogP contribution is 2.29. The van der Waals surface area contributed by atoms with E-state index in [0.717, 1.165) is 36.2 Å². The van der Waals surface area contributed by atoms with Gasteiger partial charge < -0.3 is 20.1 Å². The number of ether oxygens (including phenoxy) is 2. The Bertz CT molecular complexity index is 390. The number of nitrogens with one attached hydrogen (secondary N) is 2. The normalized spacial score (nSPS) is 18.9. The van der Waals surface area contributed by atoms with E-state index in [-0.39, 0.29) is 0 Å². The lowest BCUT2D eigenvalue weighted by molar-refractivity contribution is 0.364. The average Bonchev–Trinajstić information content (AvgIpc) is 2.48. The van der Waals surface area contributed by atoms with Gasteiger partial charge in [-0.05, 0) is 50.4 Å². The van der Waals surface area contributed by atoms with E-state index in [1.54, 1.807) is 14.2 Å². The van der Waals surface area contributed by atoms with E-state index in [4.69, 9.17) is 9.47 Å². The molecular formula is C15H24N2O2. The Balaban J connectivity index is 1.86. The molecule has 1 atom stereocenters. The summed E-state index contributed by atoms with van der Waals surface area (Å²) in [6, 6.07) is 5.83. The van der Waals surface area contributed by atoms with E-state index in [2.05, 4.69) is 10.6 Å². The summed E-state index contributed by atoms with van der Waals surface area (Å²) in [6.45, 7) is 3.29. The zero-order chi connectivity index (χ0) is 13.5. The summed E-state index contributed by atoms with van der Waals surface area (Å²) >= 11 is 0. The minimum absolute atomic E-state index is 0.790. The average molecular weight is 264 g/mol. The maximum atomic E-state index is 5.36. The Labute approximate surface area is 115 Å². The number of methoxy groups -OCH3 is 2. The van der Waals surface area contributed by atoms with E-state index >= 15 is 0 Å². The number of anilines is 1. The SMILES string of the molecule is COc1ccc(OC)c(NCCC2CCCNC2)c1. The van der Waals surface area contributed by atoms with Crippen molar-refractivity contribution in [2.75, 3.05) is 39.2 Å². The molecule has 1 heterocycles. The van der Waals surface area contributed by atoms with Gasteiger partial charge in [-0.15, -0.1) is 0 Å². The highest BCUT2D eigenvalue weighted by Gasteiger charge is 2.12. The van der Waals surface area contributed by atoms with Gasteiger partial charge in [0.1, 0.15) is 11.5 Å². The molecule has 2 N–H and O–H groups in total. The van der Waals surface area contributed by atoms with Gasteiger partial charge in [-0.25, -0.2) is 0 Å². The highest BCUT2D eigenvalue weighted by molar-refractivity contribution is 5.59. The van der Waals surface area contributed by atoms with Gasteiger partial charge in [0.2, 0.25) is 0 Å². The summed E-state index contributed by atoms with van der Waals surface area (Å²) in [6.07, 6.45) is 3.82. The summed E-state index contributed by atoms with van der Waals surface area (Å²) in [5.74, 6) is 2.50. The molecule has 1 saturated heterocycles. The van der Waals surface area contributed by atoms with Crippen LogP contribution in [0.25, 0.3) is 0 Å². The number of piperidine rings is 1. The first-order valence-corrected chi connectivity index (χ1v) is 7.00. The molecular weight excluding hydrogens is 240 g/mol. The van der Waals surface area contributed by atoms with Crippen molar-refractivity contribution < 1.29 is 9.47 Å². The third-order valence-electron chi connectivity index (χ3n) is 3.67. The zero-order valence-corrected chi connectivity index (χ0v) is 11.9. The van der Waals surface area contributed by atoms with E-state index in [9.17, 15) is 0 Å². The molecule has 1 aliphatic heterocycles. The van der Waals surface area contributed by atoms with Crippen molar-refractivity contribution in [2.45, 2.75) is 19.3 Å². The van der Waals surface area contributed by atoms with Gasteiger partial charge in [0, 0.05) is 12.6 Å². The van der Waals surface area contributed by atoms with Crippen LogP contribution in [0.15, 0.2) is 18.2 Å². The molecule has 4 heteroatoms. The third-order valence-corrected chi connectivity index (χ3v) is 3.67. The smallest absolute Gasteiger partial charge is 0.142 e. The molecule has 0 aliphatic carbocycles. The predicted octanol–water partition coefficient (Wildman–Crippen LogP) is 2.51. The predicted molar refractivity (Wildman–Crippen MR) is 78.2 cm³/mol. The van der Waals surface area contributed by atoms with Gasteiger partial charge in [-0.1, -0.05) is 0 Å². The molecule has 0 bridgehead atoms.